The fourth-order valence-corrected chi connectivity index (χ4v) is 2.30. The Morgan fingerprint density at radius 2 is 2.06 bits per heavy atom. The molecule has 1 aromatic carbocycles. The van der Waals surface area contributed by atoms with Crippen LogP contribution in [-0.4, -0.2) is 13.7 Å². The number of benzene rings is 1. The van der Waals surface area contributed by atoms with Gasteiger partial charge in [0.25, 0.3) is 0 Å². The third-order valence-electron chi connectivity index (χ3n) is 3.24. The van der Waals surface area contributed by atoms with Crippen molar-refractivity contribution < 1.29 is 17.9 Å². The third kappa shape index (κ3) is 2.77. The molecule has 0 bridgehead atoms. The van der Waals surface area contributed by atoms with Crippen LogP contribution in [-0.2, 0) is 6.18 Å². The van der Waals surface area contributed by atoms with E-state index in [4.69, 9.17) is 4.74 Å². The Kier molecular flexibility index (Phi) is 3.80. The highest BCUT2D eigenvalue weighted by atomic mass is 19.4. The molecule has 18 heavy (non-hydrogen) atoms. The van der Waals surface area contributed by atoms with Crippen molar-refractivity contribution in [3.63, 3.8) is 0 Å². The molecule has 1 aliphatic heterocycles. The van der Waals surface area contributed by atoms with E-state index in [1.54, 1.807) is 6.07 Å². The third-order valence-corrected chi connectivity index (χ3v) is 3.24. The van der Waals surface area contributed by atoms with Crippen molar-refractivity contribution in [1.82, 2.24) is 5.32 Å². The van der Waals surface area contributed by atoms with Crippen LogP contribution in [0.1, 0.15) is 36.4 Å². The van der Waals surface area contributed by atoms with Gasteiger partial charge in [0.15, 0.2) is 0 Å². The maximum Gasteiger partial charge on any atom is 0.419 e. The lowest BCUT2D eigenvalue weighted by molar-refractivity contribution is -0.138. The minimum Gasteiger partial charge on any atom is -0.496 e. The summed E-state index contributed by atoms with van der Waals surface area (Å²) < 4.78 is 43.4. The standard InChI is InChI=1S/C13H16F3NO/c1-18-12-6-5-9(8-10(12)13(14,15)16)11-4-2-3-7-17-11/h5-6,8,11,17H,2-4,7H2,1H3. The van der Waals surface area contributed by atoms with Crippen LogP contribution in [0.5, 0.6) is 5.75 Å². The van der Waals surface area contributed by atoms with Crippen LogP contribution in [0.2, 0.25) is 0 Å². The van der Waals surface area contributed by atoms with Crippen molar-refractivity contribution in [2.45, 2.75) is 31.5 Å². The molecule has 100 valence electrons. The lowest BCUT2D eigenvalue weighted by Crippen LogP contribution is -2.27. The van der Waals surface area contributed by atoms with Gasteiger partial charge in [-0.2, -0.15) is 13.2 Å². The molecule has 1 saturated heterocycles. The molecule has 1 aromatic rings. The van der Waals surface area contributed by atoms with Crippen molar-refractivity contribution in [3.8, 4) is 5.75 Å². The summed E-state index contributed by atoms with van der Waals surface area (Å²) in [6.07, 6.45) is -1.37. The maximum absolute atomic E-state index is 12.9. The van der Waals surface area contributed by atoms with Gasteiger partial charge in [0.05, 0.1) is 12.7 Å². The molecule has 1 atom stereocenters. The first kappa shape index (κ1) is 13.2. The lowest BCUT2D eigenvalue weighted by atomic mass is 9.96. The zero-order valence-corrected chi connectivity index (χ0v) is 10.2. The SMILES string of the molecule is COc1ccc(C2CCCCN2)cc1C(F)(F)F. The molecule has 0 aliphatic carbocycles. The topological polar surface area (TPSA) is 21.3 Å². The highest BCUT2D eigenvalue weighted by molar-refractivity contribution is 5.40. The van der Waals surface area contributed by atoms with Crippen LogP contribution in [0.25, 0.3) is 0 Å². The summed E-state index contributed by atoms with van der Waals surface area (Å²) in [4.78, 5) is 0. The zero-order valence-electron chi connectivity index (χ0n) is 10.2. The van der Waals surface area contributed by atoms with Gasteiger partial charge in [-0.15, -0.1) is 0 Å². The second-order valence-corrected chi connectivity index (χ2v) is 4.46. The Morgan fingerprint density at radius 3 is 2.61 bits per heavy atom. The van der Waals surface area contributed by atoms with Gasteiger partial charge in [-0.3, -0.25) is 0 Å². The van der Waals surface area contributed by atoms with Crippen LogP contribution in [0, 0.1) is 0 Å². The van der Waals surface area contributed by atoms with E-state index < -0.39 is 11.7 Å². The smallest absolute Gasteiger partial charge is 0.419 e. The molecule has 1 heterocycles. The van der Waals surface area contributed by atoms with Crippen molar-refractivity contribution in [1.29, 1.82) is 0 Å². The van der Waals surface area contributed by atoms with E-state index >= 15 is 0 Å². The molecular formula is C13H16F3NO. The molecular weight excluding hydrogens is 243 g/mol. The molecule has 1 unspecified atom stereocenters. The highest BCUT2D eigenvalue weighted by Gasteiger charge is 2.35. The molecule has 2 nitrogen and oxygen atoms in total. The van der Waals surface area contributed by atoms with Gasteiger partial charge in [-0.25, -0.2) is 0 Å². The van der Waals surface area contributed by atoms with E-state index in [0.29, 0.717) is 5.56 Å². The molecule has 0 saturated carbocycles. The Balaban J connectivity index is 2.33. The van der Waals surface area contributed by atoms with Gasteiger partial charge in [0, 0.05) is 6.04 Å². The molecule has 0 radical (unpaired) electrons. The number of nitrogens with one attached hydrogen (secondary N) is 1. The van der Waals surface area contributed by atoms with Crippen LogP contribution >= 0.6 is 0 Å². The number of piperidine rings is 1. The Labute approximate surface area is 104 Å². The molecule has 2 rings (SSSR count). The van der Waals surface area contributed by atoms with Crippen molar-refractivity contribution in [3.05, 3.63) is 29.3 Å². The van der Waals surface area contributed by atoms with Crippen LogP contribution < -0.4 is 10.1 Å². The number of hydrogen-bond acceptors (Lipinski definition) is 2. The number of methoxy groups -OCH3 is 1. The first-order valence-electron chi connectivity index (χ1n) is 6.01. The fourth-order valence-electron chi connectivity index (χ4n) is 2.30. The summed E-state index contributed by atoms with van der Waals surface area (Å²) in [5.41, 5.74) is -0.0160. The molecule has 1 fully saturated rings. The van der Waals surface area contributed by atoms with Crippen LogP contribution in [0.3, 0.4) is 0 Å². The molecule has 1 N–H and O–H groups in total. The van der Waals surface area contributed by atoms with E-state index in [1.165, 1.54) is 19.2 Å². The number of alkyl halides is 3. The predicted molar refractivity (Wildman–Crippen MR) is 62.6 cm³/mol. The average Bonchev–Trinajstić information content (AvgIpc) is 2.38. The van der Waals surface area contributed by atoms with Gasteiger partial charge >= 0.3 is 6.18 Å². The summed E-state index contributed by atoms with van der Waals surface area (Å²) in [5.74, 6) is -0.123. The quantitative estimate of drug-likeness (QED) is 0.877. The van der Waals surface area contributed by atoms with Crippen molar-refractivity contribution in [2.24, 2.45) is 0 Å². The summed E-state index contributed by atoms with van der Waals surface area (Å²) in [5, 5.41) is 3.24. The van der Waals surface area contributed by atoms with Crippen LogP contribution in [0.4, 0.5) is 13.2 Å². The highest BCUT2D eigenvalue weighted by Crippen LogP contribution is 2.38. The van der Waals surface area contributed by atoms with Crippen LogP contribution in [0.15, 0.2) is 18.2 Å². The number of halogens is 3. The first-order chi connectivity index (χ1) is 8.52. The summed E-state index contributed by atoms with van der Waals surface area (Å²) in [6, 6.07) is 4.32. The summed E-state index contributed by atoms with van der Waals surface area (Å²) in [6.45, 7) is 0.859. The van der Waals surface area contributed by atoms with Gasteiger partial charge < -0.3 is 10.1 Å². The number of hydrogen-bond donors (Lipinski definition) is 1. The Hall–Kier alpha value is -1.23. The zero-order chi connectivity index (χ0) is 13.2. The van der Waals surface area contributed by atoms with Gasteiger partial charge in [-0.1, -0.05) is 12.5 Å². The van der Waals surface area contributed by atoms with Gasteiger partial charge in [0.2, 0.25) is 0 Å². The normalized spacial score (nSPS) is 20.8. The molecule has 0 spiro atoms. The van der Waals surface area contributed by atoms with E-state index in [-0.39, 0.29) is 11.8 Å². The lowest BCUT2D eigenvalue weighted by Gasteiger charge is -2.25. The molecule has 0 aromatic heterocycles. The van der Waals surface area contributed by atoms with Gasteiger partial charge in [0.1, 0.15) is 5.75 Å². The first-order valence-corrected chi connectivity index (χ1v) is 6.01. The van der Waals surface area contributed by atoms with Crippen molar-refractivity contribution in [2.75, 3.05) is 13.7 Å². The number of rotatable bonds is 2. The second kappa shape index (κ2) is 5.18. The molecule has 5 heteroatoms. The molecule has 1 aliphatic rings. The van der Waals surface area contributed by atoms with E-state index in [0.717, 1.165) is 25.8 Å². The minimum absolute atomic E-state index is 0.0192. The summed E-state index contributed by atoms with van der Waals surface area (Å²) >= 11 is 0. The summed E-state index contributed by atoms with van der Waals surface area (Å²) in [7, 11) is 1.25. The fraction of sp³-hybridized carbons (Fsp3) is 0.538. The van der Waals surface area contributed by atoms with E-state index in [9.17, 15) is 13.2 Å². The van der Waals surface area contributed by atoms with E-state index in [1.807, 2.05) is 0 Å². The Bertz CT molecular complexity index is 411. The largest absolute Gasteiger partial charge is 0.496 e. The van der Waals surface area contributed by atoms with Crippen molar-refractivity contribution >= 4 is 0 Å². The van der Waals surface area contributed by atoms with E-state index in [2.05, 4.69) is 5.32 Å². The minimum atomic E-state index is -4.38. The average molecular weight is 259 g/mol. The monoisotopic (exact) mass is 259 g/mol. The molecule has 0 amide bonds. The maximum atomic E-state index is 12.9. The predicted octanol–water partition coefficient (Wildman–Crippen LogP) is 3.53. The second-order valence-electron chi connectivity index (χ2n) is 4.46. The Morgan fingerprint density at radius 1 is 1.28 bits per heavy atom. The van der Waals surface area contributed by atoms with Gasteiger partial charge in [-0.05, 0) is 37.1 Å². The number of ether oxygens (including phenoxy) is 1.